The summed E-state index contributed by atoms with van der Waals surface area (Å²) >= 11 is 0. The Morgan fingerprint density at radius 3 is 2.74 bits per heavy atom. The van der Waals surface area contributed by atoms with Crippen LogP contribution in [0, 0.1) is 5.82 Å². The fourth-order valence-electron chi connectivity index (χ4n) is 3.95. The molecule has 178 valence electrons. The number of carbonyl (C=O) groups excluding carboxylic acids is 1. The minimum atomic E-state index is -0.313. The summed E-state index contributed by atoms with van der Waals surface area (Å²) in [4.78, 5) is 24.7. The van der Waals surface area contributed by atoms with E-state index < -0.39 is 0 Å². The third-order valence-electron chi connectivity index (χ3n) is 5.85. The van der Waals surface area contributed by atoms with Gasteiger partial charge in [0.25, 0.3) is 0 Å². The van der Waals surface area contributed by atoms with Gasteiger partial charge in [-0.05, 0) is 43.5 Å². The van der Waals surface area contributed by atoms with Crippen LogP contribution in [-0.4, -0.2) is 59.2 Å². The number of piperazine rings is 1. The highest BCUT2D eigenvalue weighted by atomic mass is 19.1. The topological polar surface area (TPSA) is 99.4 Å². The number of halogens is 1. The Labute approximate surface area is 201 Å². The fraction of sp³-hybridized carbons (Fsp3) is 0.200. The molecule has 0 aliphatic carbocycles. The summed E-state index contributed by atoms with van der Waals surface area (Å²) in [6, 6.07) is 12.2. The molecule has 2 N–H and O–H groups in total. The van der Waals surface area contributed by atoms with Crippen molar-refractivity contribution in [3.63, 3.8) is 0 Å². The smallest absolute Gasteiger partial charge is 0.247 e. The Bertz CT molecular complexity index is 1400. The minimum absolute atomic E-state index is 0.282. The summed E-state index contributed by atoms with van der Waals surface area (Å²) in [6.07, 6.45) is 2.71. The van der Waals surface area contributed by atoms with Crippen molar-refractivity contribution in [1.82, 2.24) is 20.0 Å². The molecule has 0 unspecified atom stereocenters. The first-order valence-electron chi connectivity index (χ1n) is 11.2. The summed E-state index contributed by atoms with van der Waals surface area (Å²) < 4.78 is 20.3. The molecule has 2 aromatic heterocycles. The molecule has 5 rings (SSSR count). The Morgan fingerprint density at radius 1 is 1.14 bits per heavy atom. The number of rotatable bonds is 6. The maximum atomic E-state index is 14.9. The van der Waals surface area contributed by atoms with Crippen molar-refractivity contribution in [3.05, 3.63) is 67.1 Å². The Morgan fingerprint density at radius 2 is 1.97 bits per heavy atom. The number of likely N-dealkylation sites (N-methyl/N-ethyl adjacent to an activating group) is 1. The van der Waals surface area contributed by atoms with E-state index >= 15 is 0 Å². The number of nitrogens with one attached hydrogen (secondary N) is 2. The summed E-state index contributed by atoms with van der Waals surface area (Å²) in [6.45, 7) is 6.83. The number of fused-ring (bicyclic) bond motifs is 1. The predicted molar refractivity (Wildman–Crippen MR) is 133 cm³/mol. The zero-order valence-corrected chi connectivity index (χ0v) is 19.2. The van der Waals surface area contributed by atoms with E-state index in [1.165, 1.54) is 18.3 Å². The first-order valence-corrected chi connectivity index (χ1v) is 11.2. The molecule has 4 aromatic rings. The van der Waals surface area contributed by atoms with Gasteiger partial charge >= 0.3 is 0 Å². The van der Waals surface area contributed by atoms with Gasteiger partial charge in [-0.1, -0.05) is 23.9 Å². The molecule has 35 heavy (non-hydrogen) atoms. The highest BCUT2D eigenvalue weighted by Gasteiger charge is 2.18. The van der Waals surface area contributed by atoms with Crippen LogP contribution in [-0.2, 0) is 4.79 Å². The number of nitrogens with zero attached hydrogens (tertiary/aromatic N) is 5. The molecule has 1 amide bonds. The lowest BCUT2D eigenvalue weighted by Gasteiger charge is -2.34. The van der Waals surface area contributed by atoms with E-state index in [2.05, 4.69) is 49.2 Å². The van der Waals surface area contributed by atoms with Crippen molar-refractivity contribution >= 4 is 40.0 Å². The van der Waals surface area contributed by atoms with Crippen LogP contribution in [0.1, 0.15) is 0 Å². The minimum Gasteiger partial charge on any atom is -0.367 e. The number of carbonyl (C=O) groups is 1. The molecule has 9 nitrogen and oxygen atoms in total. The lowest BCUT2D eigenvalue weighted by Crippen LogP contribution is -2.44. The molecule has 3 heterocycles. The molecule has 2 aromatic carbocycles. The average molecular weight is 474 g/mol. The molecule has 0 bridgehead atoms. The molecule has 0 atom stereocenters. The molecule has 10 heteroatoms. The van der Waals surface area contributed by atoms with Gasteiger partial charge in [0.2, 0.25) is 17.4 Å². The summed E-state index contributed by atoms with van der Waals surface area (Å²) in [5, 5.41) is 9.91. The molecular weight excluding hydrogens is 449 g/mol. The summed E-state index contributed by atoms with van der Waals surface area (Å²) in [7, 11) is 2.07. The van der Waals surface area contributed by atoms with E-state index in [0.29, 0.717) is 39.4 Å². The summed E-state index contributed by atoms with van der Waals surface area (Å²) in [5.41, 5.74) is 3.81. The van der Waals surface area contributed by atoms with Crippen LogP contribution in [0.5, 0.6) is 0 Å². The van der Waals surface area contributed by atoms with Crippen LogP contribution >= 0.6 is 0 Å². The van der Waals surface area contributed by atoms with Crippen molar-refractivity contribution in [2.75, 3.05) is 48.8 Å². The van der Waals surface area contributed by atoms with Crippen molar-refractivity contribution in [2.45, 2.75) is 0 Å². The molecule has 1 saturated heterocycles. The average Bonchev–Trinajstić information content (AvgIpc) is 3.28. The Balaban J connectivity index is 1.38. The first-order chi connectivity index (χ1) is 17.0. The van der Waals surface area contributed by atoms with Gasteiger partial charge < -0.3 is 25.0 Å². The first kappa shape index (κ1) is 22.5. The van der Waals surface area contributed by atoms with Crippen molar-refractivity contribution in [2.24, 2.45) is 0 Å². The molecular formula is C25H24FN7O2. The van der Waals surface area contributed by atoms with Crippen molar-refractivity contribution in [1.29, 1.82) is 0 Å². The maximum absolute atomic E-state index is 14.9. The largest absolute Gasteiger partial charge is 0.367 e. The molecule has 0 saturated carbocycles. The monoisotopic (exact) mass is 473 g/mol. The van der Waals surface area contributed by atoms with Crippen LogP contribution in [0.4, 0.5) is 27.4 Å². The van der Waals surface area contributed by atoms with E-state index in [1.54, 1.807) is 24.3 Å². The normalized spacial score (nSPS) is 14.2. The van der Waals surface area contributed by atoms with Gasteiger partial charge in [-0.25, -0.2) is 14.4 Å². The number of amides is 1. The third-order valence-corrected chi connectivity index (χ3v) is 5.85. The fourth-order valence-corrected chi connectivity index (χ4v) is 3.95. The molecule has 1 aliphatic rings. The number of hydrogen-bond acceptors (Lipinski definition) is 8. The number of benzene rings is 2. The van der Waals surface area contributed by atoms with Gasteiger partial charge in [-0.15, -0.1) is 0 Å². The highest BCUT2D eigenvalue weighted by Crippen LogP contribution is 2.30. The Kier molecular flexibility index (Phi) is 6.11. The van der Waals surface area contributed by atoms with Crippen LogP contribution in [0.15, 0.2) is 65.8 Å². The van der Waals surface area contributed by atoms with E-state index in [1.807, 2.05) is 12.1 Å². The van der Waals surface area contributed by atoms with Gasteiger partial charge in [0, 0.05) is 43.1 Å². The van der Waals surface area contributed by atoms with E-state index in [4.69, 9.17) is 4.52 Å². The molecule has 1 aliphatic heterocycles. The Hall–Kier alpha value is -4.31. The van der Waals surface area contributed by atoms with Crippen LogP contribution in [0.25, 0.3) is 22.4 Å². The number of aromatic nitrogens is 3. The SMILES string of the molecule is C=CC(=O)Nc1cccc(-c2noc3cnc(Nc4ccc(N5CCN(C)CC5)c(F)c4)nc23)c1. The number of anilines is 4. The van der Waals surface area contributed by atoms with E-state index in [9.17, 15) is 9.18 Å². The zero-order chi connectivity index (χ0) is 24.4. The second kappa shape index (κ2) is 9.51. The third kappa shape index (κ3) is 4.82. The van der Waals surface area contributed by atoms with Gasteiger partial charge in [0.1, 0.15) is 17.0 Å². The summed E-state index contributed by atoms with van der Waals surface area (Å²) in [5.74, 6) is -0.332. The maximum Gasteiger partial charge on any atom is 0.247 e. The quantitative estimate of drug-likeness (QED) is 0.405. The lowest BCUT2D eigenvalue weighted by molar-refractivity contribution is -0.111. The van der Waals surface area contributed by atoms with Gasteiger partial charge in [-0.3, -0.25) is 4.79 Å². The van der Waals surface area contributed by atoms with E-state index in [0.717, 1.165) is 26.2 Å². The molecule has 0 radical (unpaired) electrons. The molecule has 1 fully saturated rings. The van der Waals surface area contributed by atoms with Crippen LogP contribution in [0.3, 0.4) is 0 Å². The van der Waals surface area contributed by atoms with Crippen molar-refractivity contribution in [3.8, 4) is 11.3 Å². The predicted octanol–water partition coefficient (Wildman–Crippen LogP) is 4.04. The zero-order valence-electron chi connectivity index (χ0n) is 19.2. The second-order valence-electron chi connectivity index (χ2n) is 8.29. The second-order valence-corrected chi connectivity index (χ2v) is 8.29. The molecule has 0 spiro atoms. The van der Waals surface area contributed by atoms with E-state index in [-0.39, 0.29) is 17.7 Å². The van der Waals surface area contributed by atoms with Crippen molar-refractivity contribution < 1.29 is 13.7 Å². The van der Waals surface area contributed by atoms with Crippen LogP contribution in [0.2, 0.25) is 0 Å². The van der Waals surface area contributed by atoms with Gasteiger partial charge in [0.15, 0.2) is 0 Å². The lowest BCUT2D eigenvalue weighted by atomic mass is 10.1. The van der Waals surface area contributed by atoms with Crippen LogP contribution < -0.4 is 15.5 Å². The standard InChI is InChI=1S/C25H24FN7O2/c1-3-22(34)28-17-6-4-5-16(13-17)23-24-21(35-31-23)15-27-25(30-24)29-18-7-8-20(19(26)14-18)33-11-9-32(2)10-12-33/h3-8,13-15H,1,9-12H2,2H3,(H,28,34)(H,27,29,30). The van der Waals surface area contributed by atoms with Gasteiger partial charge in [0.05, 0.1) is 11.9 Å². The van der Waals surface area contributed by atoms with Gasteiger partial charge in [-0.2, -0.15) is 0 Å². The number of hydrogen-bond donors (Lipinski definition) is 2. The highest BCUT2D eigenvalue weighted by molar-refractivity contribution is 5.99.